The summed E-state index contributed by atoms with van der Waals surface area (Å²) in [7, 11) is 0. The molecule has 2 fully saturated rings. The summed E-state index contributed by atoms with van der Waals surface area (Å²) in [6.07, 6.45) is 3.75. The summed E-state index contributed by atoms with van der Waals surface area (Å²) in [5, 5.41) is 4.65. The lowest BCUT2D eigenvalue weighted by atomic mass is 9.77. The van der Waals surface area contributed by atoms with E-state index < -0.39 is 0 Å². The first kappa shape index (κ1) is 12.9. The molecule has 0 radical (unpaired) electrons. The number of nitrogens with one attached hydrogen (secondary N) is 2. The highest BCUT2D eigenvalue weighted by Crippen LogP contribution is 2.39. The molecule has 3 heterocycles. The van der Waals surface area contributed by atoms with Crippen LogP contribution in [-0.2, 0) is 0 Å². The van der Waals surface area contributed by atoms with Crippen LogP contribution in [0.1, 0.15) is 19.3 Å². The van der Waals surface area contributed by atoms with E-state index in [9.17, 15) is 4.79 Å². The Morgan fingerprint density at radius 2 is 1.90 bits per heavy atom. The second kappa shape index (κ2) is 4.88. The zero-order valence-corrected chi connectivity index (χ0v) is 12.2. The van der Waals surface area contributed by atoms with E-state index >= 15 is 0 Å². The molecule has 0 atom stereocenters. The summed E-state index contributed by atoms with van der Waals surface area (Å²) in [4.78, 5) is 17.2. The van der Waals surface area contributed by atoms with Gasteiger partial charge in [0, 0.05) is 31.1 Å². The van der Waals surface area contributed by atoms with Gasteiger partial charge in [-0.05, 0) is 37.3 Å². The van der Waals surface area contributed by atoms with Crippen molar-refractivity contribution in [2.24, 2.45) is 5.41 Å². The van der Waals surface area contributed by atoms with E-state index in [2.05, 4.69) is 21.3 Å². The summed E-state index contributed by atoms with van der Waals surface area (Å²) in [5.41, 5.74) is 2.53. The van der Waals surface area contributed by atoms with Gasteiger partial charge in [0.05, 0.1) is 11.2 Å². The molecule has 0 saturated carbocycles. The minimum atomic E-state index is -0.00785. The van der Waals surface area contributed by atoms with Crippen molar-refractivity contribution in [2.45, 2.75) is 19.3 Å². The number of hydrogen-bond acceptors (Lipinski definition) is 3. The normalized spacial score (nSPS) is 21.2. The average Bonchev–Trinajstić information content (AvgIpc) is 2.95. The minimum Gasteiger partial charge on any atom is -0.371 e. The number of para-hydroxylation sites is 1. The van der Waals surface area contributed by atoms with Crippen molar-refractivity contribution < 1.29 is 0 Å². The minimum absolute atomic E-state index is 0.00785. The Bertz CT molecular complexity index is 705. The topological polar surface area (TPSA) is 48.1 Å². The standard InChI is InChI=1S/C17H21N3O/c21-16-11-15(13-3-1-2-4-14(13)19-16)20-9-6-17(7-10-20)5-8-18-12-17/h1-4,11,18H,5-10,12H2,(H,19,21). The third-order valence-corrected chi connectivity index (χ3v) is 5.23. The van der Waals surface area contributed by atoms with Crippen LogP contribution in [0.4, 0.5) is 5.69 Å². The highest BCUT2D eigenvalue weighted by molar-refractivity contribution is 5.91. The third kappa shape index (κ3) is 2.23. The fourth-order valence-corrected chi connectivity index (χ4v) is 3.89. The van der Waals surface area contributed by atoms with Crippen molar-refractivity contribution in [2.75, 3.05) is 31.1 Å². The summed E-state index contributed by atoms with van der Waals surface area (Å²) in [5.74, 6) is 0. The number of fused-ring (bicyclic) bond motifs is 1. The van der Waals surface area contributed by atoms with Gasteiger partial charge in [-0.2, -0.15) is 0 Å². The summed E-state index contributed by atoms with van der Waals surface area (Å²) < 4.78 is 0. The highest BCUT2D eigenvalue weighted by atomic mass is 16.1. The molecular formula is C17H21N3O. The largest absolute Gasteiger partial charge is 0.371 e. The predicted octanol–water partition coefficient (Wildman–Crippen LogP) is 2.11. The van der Waals surface area contributed by atoms with Crippen LogP contribution < -0.4 is 15.8 Å². The number of hydrogen-bond donors (Lipinski definition) is 2. The van der Waals surface area contributed by atoms with Crippen molar-refractivity contribution in [1.82, 2.24) is 10.3 Å². The van der Waals surface area contributed by atoms with Crippen LogP contribution in [-0.4, -0.2) is 31.2 Å². The molecule has 0 amide bonds. The number of H-pyrrole nitrogens is 1. The number of aromatic nitrogens is 1. The first-order valence-corrected chi connectivity index (χ1v) is 7.84. The molecule has 0 bridgehead atoms. The predicted molar refractivity (Wildman–Crippen MR) is 85.9 cm³/mol. The molecule has 0 unspecified atom stereocenters. The lowest BCUT2D eigenvalue weighted by Gasteiger charge is -2.40. The Morgan fingerprint density at radius 1 is 1.10 bits per heavy atom. The Balaban J connectivity index is 1.67. The van der Waals surface area contributed by atoms with Crippen LogP contribution in [0.2, 0.25) is 0 Å². The third-order valence-electron chi connectivity index (χ3n) is 5.23. The molecular weight excluding hydrogens is 262 g/mol. The molecule has 0 aliphatic carbocycles. The number of anilines is 1. The zero-order valence-electron chi connectivity index (χ0n) is 12.2. The molecule has 110 valence electrons. The van der Waals surface area contributed by atoms with E-state index in [4.69, 9.17) is 0 Å². The number of aromatic amines is 1. The summed E-state index contributed by atoms with van der Waals surface area (Å²) in [6, 6.07) is 9.84. The molecule has 21 heavy (non-hydrogen) atoms. The second-order valence-electron chi connectivity index (χ2n) is 6.48. The molecule has 4 rings (SSSR count). The molecule has 1 aromatic carbocycles. The van der Waals surface area contributed by atoms with Crippen molar-refractivity contribution >= 4 is 16.6 Å². The molecule has 2 aliphatic heterocycles. The summed E-state index contributed by atoms with van der Waals surface area (Å²) >= 11 is 0. The van der Waals surface area contributed by atoms with Gasteiger partial charge in [0.1, 0.15) is 0 Å². The smallest absolute Gasteiger partial charge is 0.250 e. The van der Waals surface area contributed by atoms with Gasteiger partial charge in [-0.3, -0.25) is 4.79 Å². The Hall–Kier alpha value is -1.81. The van der Waals surface area contributed by atoms with Crippen LogP contribution >= 0.6 is 0 Å². The van der Waals surface area contributed by atoms with Gasteiger partial charge in [0.25, 0.3) is 0 Å². The van der Waals surface area contributed by atoms with E-state index in [0.29, 0.717) is 5.41 Å². The quantitative estimate of drug-likeness (QED) is 0.842. The van der Waals surface area contributed by atoms with E-state index in [1.54, 1.807) is 6.07 Å². The Kier molecular flexibility index (Phi) is 3.00. The van der Waals surface area contributed by atoms with Gasteiger partial charge < -0.3 is 15.2 Å². The first-order valence-electron chi connectivity index (χ1n) is 7.84. The van der Waals surface area contributed by atoms with E-state index in [0.717, 1.165) is 42.8 Å². The van der Waals surface area contributed by atoms with Gasteiger partial charge in [-0.15, -0.1) is 0 Å². The molecule has 2 N–H and O–H groups in total. The number of pyridine rings is 1. The van der Waals surface area contributed by atoms with Crippen LogP contribution in [0.15, 0.2) is 35.1 Å². The van der Waals surface area contributed by atoms with Gasteiger partial charge in [0.15, 0.2) is 0 Å². The monoisotopic (exact) mass is 283 g/mol. The highest BCUT2D eigenvalue weighted by Gasteiger charge is 2.37. The van der Waals surface area contributed by atoms with Crippen LogP contribution in [0, 0.1) is 5.41 Å². The van der Waals surface area contributed by atoms with Gasteiger partial charge >= 0.3 is 0 Å². The van der Waals surface area contributed by atoms with Crippen molar-refractivity contribution in [3.05, 3.63) is 40.7 Å². The first-order chi connectivity index (χ1) is 10.3. The molecule has 2 aromatic rings. The van der Waals surface area contributed by atoms with Crippen molar-refractivity contribution in [3.8, 4) is 0 Å². The SMILES string of the molecule is O=c1cc(N2CCC3(CCNC3)CC2)c2ccccc2[nH]1. The van der Waals surface area contributed by atoms with Crippen LogP contribution in [0.5, 0.6) is 0 Å². The van der Waals surface area contributed by atoms with Crippen LogP contribution in [0.3, 0.4) is 0 Å². The van der Waals surface area contributed by atoms with Crippen LogP contribution in [0.25, 0.3) is 10.9 Å². The van der Waals surface area contributed by atoms with Gasteiger partial charge in [-0.25, -0.2) is 0 Å². The molecule has 1 aromatic heterocycles. The maximum atomic E-state index is 11.9. The van der Waals surface area contributed by atoms with Gasteiger partial charge in [0.2, 0.25) is 5.56 Å². The molecule has 2 saturated heterocycles. The van der Waals surface area contributed by atoms with E-state index in [-0.39, 0.29) is 5.56 Å². The van der Waals surface area contributed by atoms with E-state index in [1.807, 2.05) is 18.2 Å². The number of benzene rings is 1. The molecule has 4 heteroatoms. The van der Waals surface area contributed by atoms with E-state index in [1.165, 1.54) is 19.3 Å². The lowest BCUT2D eigenvalue weighted by Crippen LogP contribution is -2.41. The molecule has 4 nitrogen and oxygen atoms in total. The fraction of sp³-hybridized carbons (Fsp3) is 0.471. The fourth-order valence-electron chi connectivity index (χ4n) is 3.89. The van der Waals surface area contributed by atoms with Crippen molar-refractivity contribution in [3.63, 3.8) is 0 Å². The van der Waals surface area contributed by atoms with Crippen molar-refractivity contribution in [1.29, 1.82) is 0 Å². The number of nitrogens with zero attached hydrogens (tertiary/aromatic N) is 1. The zero-order chi connectivity index (χ0) is 14.3. The lowest BCUT2D eigenvalue weighted by molar-refractivity contribution is 0.247. The molecule has 1 spiro atoms. The average molecular weight is 283 g/mol. The Labute approximate surface area is 124 Å². The summed E-state index contributed by atoms with van der Waals surface area (Å²) in [6.45, 7) is 4.43. The number of piperidine rings is 1. The second-order valence-corrected chi connectivity index (χ2v) is 6.48. The Morgan fingerprint density at radius 3 is 2.67 bits per heavy atom. The maximum absolute atomic E-state index is 11.9. The number of rotatable bonds is 1. The van der Waals surface area contributed by atoms with Gasteiger partial charge in [-0.1, -0.05) is 18.2 Å². The maximum Gasteiger partial charge on any atom is 0.250 e. The molecule has 2 aliphatic rings.